The number of nitrogens with zero attached hydrogens (tertiary/aromatic N) is 6. The predicted molar refractivity (Wildman–Crippen MR) is 331 cm³/mol. The van der Waals surface area contributed by atoms with Gasteiger partial charge in [0.05, 0.1) is 39.0 Å². The first kappa shape index (κ1) is 44.2. The maximum Gasteiger partial charge on any atom is 0.238 e. The van der Waals surface area contributed by atoms with E-state index in [1.165, 1.54) is 71.7 Å². The number of rotatable bonds is 5. The van der Waals surface area contributed by atoms with Gasteiger partial charge in [-0.05, 0) is 103 Å². The molecular formula is C75H44N6. The van der Waals surface area contributed by atoms with Crippen LogP contribution in [0.25, 0.3) is 127 Å². The minimum absolute atomic E-state index is 0.447. The summed E-state index contributed by atoms with van der Waals surface area (Å²) in [7, 11) is 0. The smallest absolute Gasteiger partial charge is 0.238 e. The number of aromatic nitrogens is 5. The quantitative estimate of drug-likeness (QED) is 0.161. The number of fused-ring (bicyclic) bond motifs is 20. The van der Waals surface area contributed by atoms with Crippen molar-refractivity contribution in [2.75, 3.05) is 4.90 Å². The molecule has 6 heteroatoms. The summed E-state index contributed by atoms with van der Waals surface area (Å²) in [5, 5.41) is 8.08. The van der Waals surface area contributed by atoms with Crippen LogP contribution in [0.1, 0.15) is 22.3 Å². The fourth-order valence-electron chi connectivity index (χ4n) is 14.2. The Kier molecular flexibility index (Phi) is 9.06. The number of pyridine rings is 1. The summed E-state index contributed by atoms with van der Waals surface area (Å²) in [5.74, 6) is 1.73. The number of benzene rings is 12. The van der Waals surface area contributed by atoms with Gasteiger partial charge in [0.2, 0.25) is 5.95 Å². The van der Waals surface area contributed by atoms with Crippen molar-refractivity contribution in [2.45, 2.75) is 5.41 Å². The molecule has 15 aromatic rings. The molecule has 12 aromatic carbocycles. The third kappa shape index (κ3) is 6.05. The van der Waals surface area contributed by atoms with Gasteiger partial charge in [-0.15, -0.1) is 0 Å². The Labute approximate surface area is 466 Å². The summed E-state index contributed by atoms with van der Waals surface area (Å²) in [4.78, 5) is 23.7. The molecule has 0 saturated carbocycles. The highest BCUT2D eigenvalue weighted by molar-refractivity contribution is 6.29. The SMILES string of the molecule is c1ccc(-c2nc(-c3ccccc3)nc(N3c4ccc(-c5ccc(-n6c7ccccc7c7ccc8c(c76)-c6ccccc6C86c7ccccc7-c7ccccc76)cc5)cc4-c4nc5ccccc5c5c4c3cc3ccccc35)n2)cc1. The highest BCUT2D eigenvalue weighted by atomic mass is 15.3. The second-order valence-electron chi connectivity index (χ2n) is 21.6. The fraction of sp³-hybridized carbons (Fsp3) is 0.0133. The van der Waals surface area contributed by atoms with Gasteiger partial charge in [-0.3, -0.25) is 4.90 Å². The predicted octanol–water partition coefficient (Wildman–Crippen LogP) is 18.6. The molecule has 374 valence electrons. The van der Waals surface area contributed by atoms with E-state index >= 15 is 0 Å². The molecule has 0 amide bonds. The highest BCUT2D eigenvalue weighted by Crippen LogP contribution is 2.64. The van der Waals surface area contributed by atoms with E-state index in [1.807, 2.05) is 36.4 Å². The highest BCUT2D eigenvalue weighted by Gasteiger charge is 2.52. The normalized spacial score (nSPS) is 13.3. The summed E-state index contributed by atoms with van der Waals surface area (Å²) in [6.07, 6.45) is 0. The van der Waals surface area contributed by atoms with Crippen molar-refractivity contribution in [1.82, 2.24) is 24.5 Å². The van der Waals surface area contributed by atoms with Crippen LogP contribution in [-0.2, 0) is 5.41 Å². The van der Waals surface area contributed by atoms with E-state index in [0.29, 0.717) is 17.6 Å². The third-order valence-electron chi connectivity index (χ3n) is 17.5. The Balaban J connectivity index is 0.848. The molecule has 18 rings (SSSR count). The van der Waals surface area contributed by atoms with Crippen molar-refractivity contribution in [1.29, 1.82) is 0 Å². The Morgan fingerprint density at radius 1 is 0.333 bits per heavy atom. The molecule has 0 bridgehead atoms. The van der Waals surface area contributed by atoms with Crippen LogP contribution >= 0.6 is 0 Å². The topological polar surface area (TPSA) is 59.7 Å². The van der Waals surface area contributed by atoms with E-state index in [4.69, 9.17) is 19.9 Å². The van der Waals surface area contributed by atoms with Gasteiger partial charge in [-0.25, -0.2) is 9.97 Å². The third-order valence-corrected chi connectivity index (χ3v) is 17.5. The molecule has 2 aliphatic carbocycles. The molecule has 6 nitrogen and oxygen atoms in total. The monoisotopic (exact) mass is 1030 g/mol. The first-order valence-corrected chi connectivity index (χ1v) is 27.7. The minimum atomic E-state index is -0.447. The van der Waals surface area contributed by atoms with Gasteiger partial charge >= 0.3 is 0 Å². The Morgan fingerprint density at radius 3 is 1.63 bits per heavy atom. The van der Waals surface area contributed by atoms with Gasteiger partial charge in [0.1, 0.15) is 0 Å². The van der Waals surface area contributed by atoms with Gasteiger partial charge in [0.25, 0.3) is 0 Å². The minimum Gasteiger partial charge on any atom is -0.309 e. The summed E-state index contributed by atoms with van der Waals surface area (Å²) in [6, 6.07) is 96.9. The van der Waals surface area contributed by atoms with Gasteiger partial charge in [-0.2, -0.15) is 9.97 Å². The van der Waals surface area contributed by atoms with Crippen molar-refractivity contribution in [3.63, 3.8) is 0 Å². The van der Waals surface area contributed by atoms with Gasteiger partial charge in [0, 0.05) is 54.9 Å². The Hall–Kier alpha value is -10.8. The summed E-state index contributed by atoms with van der Waals surface area (Å²) < 4.78 is 2.51. The molecule has 0 N–H and O–H groups in total. The van der Waals surface area contributed by atoms with Crippen LogP contribution < -0.4 is 4.90 Å². The van der Waals surface area contributed by atoms with Crippen LogP contribution in [0.4, 0.5) is 17.3 Å². The first-order valence-electron chi connectivity index (χ1n) is 27.7. The zero-order chi connectivity index (χ0) is 52.9. The van der Waals surface area contributed by atoms with Crippen molar-refractivity contribution >= 4 is 71.6 Å². The number of para-hydroxylation sites is 2. The van der Waals surface area contributed by atoms with Crippen molar-refractivity contribution in [2.24, 2.45) is 0 Å². The summed E-state index contributed by atoms with van der Waals surface area (Å²) in [6.45, 7) is 0. The van der Waals surface area contributed by atoms with Crippen molar-refractivity contribution < 1.29 is 0 Å². The van der Waals surface area contributed by atoms with E-state index in [-0.39, 0.29) is 0 Å². The van der Waals surface area contributed by atoms with Crippen molar-refractivity contribution in [3.8, 4) is 73.1 Å². The lowest BCUT2D eigenvalue weighted by atomic mass is 9.70. The van der Waals surface area contributed by atoms with Crippen LogP contribution in [-0.4, -0.2) is 24.5 Å². The zero-order valence-electron chi connectivity index (χ0n) is 43.6. The maximum atomic E-state index is 5.59. The lowest BCUT2D eigenvalue weighted by Gasteiger charge is -2.33. The lowest BCUT2D eigenvalue weighted by Crippen LogP contribution is -2.25. The van der Waals surface area contributed by atoms with Crippen LogP contribution in [0.15, 0.2) is 267 Å². The standard InChI is InChI=1S/C75H44N6/c1-3-19-46(20-4-1)72-77-73(47-21-5-2-6-22-47)79-74(78-72)81-65-42-37-48(43-58(65)70-69-66(81)44-49-23-7-8-24-51(49)67(69)57-29-12-17-33-63(57)76-70)45-35-38-50(39-36-45)80-64-34-18-13-27-54(64)55-40-41-62-68(71(55)80)56-28-11-16-32-61(56)75(62)59-30-14-9-25-52(59)53-26-10-15-31-60(53)75/h1-44H. The molecule has 0 fully saturated rings. The molecule has 1 aliphatic heterocycles. The average molecular weight is 1030 g/mol. The molecule has 3 aromatic heterocycles. The fourth-order valence-corrected chi connectivity index (χ4v) is 14.2. The molecule has 81 heavy (non-hydrogen) atoms. The second-order valence-corrected chi connectivity index (χ2v) is 21.6. The Bertz CT molecular complexity index is 5060. The van der Waals surface area contributed by atoms with Gasteiger partial charge in [-0.1, -0.05) is 224 Å². The number of hydrogen-bond donors (Lipinski definition) is 0. The molecule has 4 heterocycles. The van der Waals surface area contributed by atoms with Gasteiger partial charge in [0.15, 0.2) is 11.6 Å². The number of hydrogen-bond acceptors (Lipinski definition) is 5. The van der Waals surface area contributed by atoms with Crippen LogP contribution in [0, 0.1) is 0 Å². The molecule has 0 saturated heterocycles. The summed E-state index contributed by atoms with van der Waals surface area (Å²) in [5.41, 5.74) is 22.4. The van der Waals surface area contributed by atoms with E-state index in [9.17, 15) is 0 Å². The van der Waals surface area contributed by atoms with E-state index < -0.39 is 5.41 Å². The summed E-state index contributed by atoms with van der Waals surface area (Å²) >= 11 is 0. The maximum absolute atomic E-state index is 5.59. The second kappa shape index (κ2) is 16.6. The Morgan fingerprint density at radius 2 is 0.914 bits per heavy atom. The largest absolute Gasteiger partial charge is 0.309 e. The van der Waals surface area contributed by atoms with E-state index in [0.717, 1.165) is 77.6 Å². The van der Waals surface area contributed by atoms with Crippen LogP contribution in [0.5, 0.6) is 0 Å². The van der Waals surface area contributed by atoms with E-state index in [1.54, 1.807) is 0 Å². The molecule has 0 radical (unpaired) electrons. The average Bonchev–Trinajstić information content (AvgIpc) is 4.28. The molecule has 0 unspecified atom stereocenters. The van der Waals surface area contributed by atoms with Gasteiger partial charge < -0.3 is 4.57 Å². The van der Waals surface area contributed by atoms with Crippen molar-refractivity contribution in [3.05, 3.63) is 289 Å². The molecular weight excluding hydrogens is 985 g/mol. The van der Waals surface area contributed by atoms with Crippen LogP contribution in [0.3, 0.4) is 0 Å². The molecule has 0 atom stereocenters. The lowest BCUT2D eigenvalue weighted by molar-refractivity contribution is 0.794. The number of anilines is 3. The van der Waals surface area contributed by atoms with Crippen LogP contribution in [0.2, 0.25) is 0 Å². The molecule has 3 aliphatic rings. The zero-order valence-corrected chi connectivity index (χ0v) is 43.6. The first-order chi connectivity index (χ1) is 40.2. The molecule has 1 spiro atoms. The van der Waals surface area contributed by atoms with E-state index in [2.05, 4.69) is 240 Å².